The number of thiophene rings is 1. The minimum Gasteiger partial charge on any atom is -0.465 e. The van der Waals surface area contributed by atoms with E-state index in [9.17, 15) is 9.59 Å². The molecule has 1 aromatic carbocycles. The fourth-order valence-electron chi connectivity index (χ4n) is 3.68. The van der Waals surface area contributed by atoms with Gasteiger partial charge in [0.05, 0.1) is 12.1 Å². The lowest BCUT2D eigenvalue weighted by Gasteiger charge is -2.37. The number of anilines is 1. The molecular weight excluding hydrogens is 446 g/mol. The maximum absolute atomic E-state index is 12.5. The highest BCUT2D eigenvalue weighted by molar-refractivity contribution is 7.80. The Labute approximate surface area is 188 Å². The summed E-state index contributed by atoms with van der Waals surface area (Å²) < 4.78 is 11.2. The number of thiocarbonyl (C=S) groups is 1. The number of fused-ring (bicyclic) bond motifs is 1. The summed E-state index contributed by atoms with van der Waals surface area (Å²) in [6, 6.07) is 5.66. The van der Waals surface area contributed by atoms with E-state index < -0.39 is 5.97 Å². The van der Waals surface area contributed by atoms with Gasteiger partial charge in [-0.3, -0.25) is 4.79 Å². The first-order valence-electron chi connectivity index (χ1n) is 9.74. The van der Waals surface area contributed by atoms with Gasteiger partial charge < -0.3 is 24.6 Å². The third kappa shape index (κ3) is 4.25. The van der Waals surface area contributed by atoms with Gasteiger partial charge in [0, 0.05) is 48.6 Å². The predicted molar refractivity (Wildman–Crippen MR) is 122 cm³/mol. The number of halogens is 1. The van der Waals surface area contributed by atoms with Crippen LogP contribution in [-0.2, 0) is 14.3 Å². The maximum Gasteiger partial charge on any atom is 0.349 e. The number of methoxy groups -OCH3 is 1. The number of nitrogens with zero attached hydrogens (tertiary/aromatic N) is 2. The van der Waals surface area contributed by atoms with Crippen LogP contribution >= 0.6 is 35.2 Å². The van der Waals surface area contributed by atoms with Crippen molar-refractivity contribution >= 4 is 67.9 Å². The molecule has 2 aromatic rings. The summed E-state index contributed by atoms with van der Waals surface area (Å²) in [6.07, 6.45) is 1.48. The Hall–Kier alpha value is -1.94. The average molecular weight is 468 g/mol. The number of nitrogens with one attached hydrogen (secondary N) is 1. The van der Waals surface area contributed by atoms with Crippen molar-refractivity contribution in [1.82, 2.24) is 9.80 Å². The van der Waals surface area contributed by atoms with Crippen molar-refractivity contribution in [3.8, 4) is 0 Å². The number of carbonyl (C=O) groups excluding carboxylic acids is 2. The molecule has 7 nitrogen and oxygen atoms in total. The van der Waals surface area contributed by atoms with Gasteiger partial charge in [-0.15, -0.1) is 11.3 Å². The highest BCUT2D eigenvalue weighted by atomic mass is 35.5. The fraction of sp³-hybridized carbons (Fsp3) is 0.450. The van der Waals surface area contributed by atoms with Crippen LogP contribution in [0.25, 0.3) is 10.1 Å². The van der Waals surface area contributed by atoms with Crippen molar-refractivity contribution in [2.75, 3.05) is 45.2 Å². The Morgan fingerprint density at radius 1 is 1.27 bits per heavy atom. The largest absolute Gasteiger partial charge is 0.465 e. The van der Waals surface area contributed by atoms with Crippen LogP contribution in [-0.4, -0.2) is 72.8 Å². The fourth-order valence-corrected chi connectivity index (χ4v) is 5.44. The van der Waals surface area contributed by atoms with Gasteiger partial charge in [0.15, 0.2) is 5.11 Å². The second-order valence-electron chi connectivity index (χ2n) is 7.19. The van der Waals surface area contributed by atoms with Crippen LogP contribution in [0.2, 0.25) is 5.02 Å². The molecule has 2 aliphatic heterocycles. The molecule has 0 bridgehead atoms. The summed E-state index contributed by atoms with van der Waals surface area (Å²) in [4.78, 5) is 28.6. The van der Waals surface area contributed by atoms with E-state index >= 15 is 0 Å². The monoisotopic (exact) mass is 467 g/mol. The minimum absolute atomic E-state index is 0.0902. The molecule has 3 heterocycles. The van der Waals surface area contributed by atoms with Gasteiger partial charge in [0.25, 0.3) is 5.91 Å². The molecule has 30 heavy (non-hydrogen) atoms. The lowest BCUT2D eigenvalue weighted by atomic mass is 10.2. The zero-order valence-corrected chi connectivity index (χ0v) is 18.9. The number of hydrogen-bond donors (Lipinski definition) is 1. The van der Waals surface area contributed by atoms with E-state index in [1.165, 1.54) is 18.4 Å². The molecule has 0 aliphatic carbocycles. The molecule has 1 amide bonds. The lowest BCUT2D eigenvalue weighted by molar-refractivity contribution is -0.142. The Kier molecular flexibility index (Phi) is 6.43. The average Bonchev–Trinajstić information content (AvgIpc) is 3.41. The third-order valence-corrected chi connectivity index (χ3v) is 7.33. The highest BCUT2D eigenvalue weighted by Crippen LogP contribution is 2.37. The number of ether oxygens (including phenoxy) is 2. The van der Waals surface area contributed by atoms with Gasteiger partial charge in [-0.05, 0) is 43.3 Å². The van der Waals surface area contributed by atoms with Gasteiger partial charge in [-0.25, -0.2) is 4.79 Å². The number of hydrogen-bond acceptors (Lipinski definition) is 6. The predicted octanol–water partition coefficient (Wildman–Crippen LogP) is 3.36. The maximum atomic E-state index is 12.5. The van der Waals surface area contributed by atoms with Crippen molar-refractivity contribution in [3.63, 3.8) is 0 Å². The summed E-state index contributed by atoms with van der Waals surface area (Å²) in [5.41, 5.74) is 0.819. The van der Waals surface area contributed by atoms with Gasteiger partial charge in [0.1, 0.15) is 11.0 Å². The van der Waals surface area contributed by atoms with E-state index in [0.29, 0.717) is 47.8 Å². The summed E-state index contributed by atoms with van der Waals surface area (Å²) in [7, 11) is 1.34. The Balaban J connectivity index is 1.37. The first-order chi connectivity index (χ1) is 14.5. The molecule has 2 saturated heterocycles. The second kappa shape index (κ2) is 9.05. The second-order valence-corrected chi connectivity index (χ2v) is 9.01. The summed E-state index contributed by atoms with van der Waals surface area (Å²) in [6.45, 7) is 3.27. The summed E-state index contributed by atoms with van der Waals surface area (Å²) in [5.74, 6) is -0.353. The molecule has 2 aliphatic rings. The smallest absolute Gasteiger partial charge is 0.349 e. The van der Waals surface area contributed by atoms with Gasteiger partial charge >= 0.3 is 5.97 Å². The van der Waals surface area contributed by atoms with Crippen molar-refractivity contribution in [1.29, 1.82) is 0 Å². The Morgan fingerprint density at radius 3 is 2.67 bits per heavy atom. The van der Waals surface area contributed by atoms with Crippen LogP contribution in [0.4, 0.5) is 5.69 Å². The molecule has 1 atom stereocenters. The molecule has 0 radical (unpaired) electrons. The van der Waals surface area contributed by atoms with Crippen molar-refractivity contribution in [3.05, 3.63) is 28.1 Å². The molecule has 0 saturated carbocycles. The topological polar surface area (TPSA) is 71.1 Å². The van der Waals surface area contributed by atoms with E-state index in [1.807, 2.05) is 23.1 Å². The summed E-state index contributed by atoms with van der Waals surface area (Å²) >= 11 is 13.2. The van der Waals surface area contributed by atoms with Crippen LogP contribution in [0.5, 0.6) is 0 Å². The zero-order valence-electron chi connectivity index (χ0n) is 16.5. The molecule has 0 spiro atoms. The Morgan fingerprint density at radius 2 is 2.00 bits per heavy atom. The normalized spacial score (nSPS) is 19.2. The standard InChI is InChI=1S/C20H22ClN3O4S2/c1-27-19(26)17-16(21)13-5-4-12(11-15(13)30-17)22-20(29)24-8-6-23(7-9-24)18(25)14-3-2-10-28-14/h4-5,11,14H,2-3,6-10H2,1H3,(H,22,29)/t14-/m1/s1. The molecule has 0 unspecified atom stereocenters. The van der Waals surface area contributed by atoms with Crippen LogP contribution in [0.15, 0.2) is 18.2 Å². The first-order valence-corrected chi connectivity index (χ1v) is 11.3. The summed E-state index contributed by atoms with van der Waals surface area (Å²) in [5, 5.41) is 5.07. The van der Waals surface area contributed by atoms with Crippen molar-refractivity contribution < 1.29 is 19.1 Å². The molecular formula is C20H22ClN3O4S2. The van der Waals surface area contributed by atoms with Gasteiger partial charge in [-0.2, -0.15) is 0 Å². The Bertz CT molecular complexity index is 982. The number of rotatable bonds is 3. The zero-order chi connectivity index (χ0) is 21.3. The number of benzene rings is 1. The van der Waals surface area contributed by atoms with Crippen LogP contribution in [0, 0.1) is 0 Å². The van der Waals surface area contributed by atoms with E-state index in [1.54, 1.807) is 0 Å². The van der Waals surface area contributed by atoms with Crippen molar-refractivity contribution in [2.24, 2.45) is 0 Å². The lowest BCUT2D eigenvalue weighted by Crippen LogP contribution is -2.53. The molecule has 4 rings (SSSR count). The number of carbonyl (C=O) groups is 2. The van der Waals surface area contributed by atoms with E-state index in [4.69, 9.17) is 33.3 Å². The number of piperazine rings is 1. The van der Waals surface area contributed by atoms with E-state index in [2.05, 4.69) is 10.2 Å². The minimum atomic E-state index is -0.443. The third-order valence-electron chi connectivity index (χ3n) is 5.34. The number of esters is 1. The van der Waals surface area contributed by atoms with Gasteiger partial charge in [-0.1, -0.05) is 11.6 Å². The van der Waals surface area contributed by atoms with Crippen LogP contribution in [0.3, 0.4) is 0 Å². The molecule has 160 valence electrons. The van der Waals surface area contributed by atoms with E-state index in [-0.39, 0.29) is 12.0 Å². The quantitative estimate of drug-likeness (QED) is 0.548. The SMILES string of the molecule is COC(=O)c1sc2cc(NC(=S)N3CCN(C(=O)[C@H]4CCCO4)CC3)ccc2c1Cl. The molecule has 2 fully saturated rings. The number of amides is 1. The first kappa shape index (κ1) is 21.3. The van der Waals surface area contributed by atoms with Gasteiger partial charge in [0.2, 0.25) is 0 Å². The van der Waals surface area contributed by atoms with E-state index in [0.717, 1.165) is 28.6 Å². The van der Waals surface area contributed by atoms with Crippen molar-refractivity contribution in [2.45, 2.75) is 18.9 Å². The van der Waals surface area contributed by atoms with Crippen LogP contribution < -0.4 is 5.32 Å². The molecule has 1 aromatic heterocycles. The molecule has 10 heteroatoms. The van der Waals surface area contributed by atoms with Crippen LogP contribution in [0.1, 0.15) is 22.5 Å². The molecule has 1 N–H and O–H groups in total. The highest BCUT2D eigenvalue weighted by Gasteiger charge is 2.30.